The summed E-state index contributed by atoms with van der Waals surface area (Å²) in [6.45, 7) is 5.65. The number of nitrogens with zero attached hydrogens (tertiary/aromatic N) is 4. The Morgan fingerprint density at radius 2 is 1.91 bits per heavy atom. The third-order valence-corrected chi connectivity index (χ3v) is 7.95. The second-order valence-corrected chi connectivity index (χ2v) is 12.1. The van der Waals surface area contributed by atoms with Crippen molar-refractivity contribution in [3.05, 3.63) is 35.2 Å². The highest BCUT2D eigenvalue weighted by Crippen LogP contribution is 2.46. The number of pyridine rings is 1. The molecule has 1 amide bonds. The van der Waals surface area contributed by atoms with Crippen LogP contribution in [0.1, 0.15) is 75.1 Å². The van der Waals surface area contributed by atoms with Crippen molar-refractivity contribution in [2.45, 2.75) is 70.3 Å². The van der Waals surface area contributed by atoms with E-state index in [9.17, 15) is 18.8 Å². The van der Waals surface area contributed by atoms with Crippen LogP contribution in [0.4, 0.5) is 13.6 Å². The molecule has 3 aromatic heterocycles. The number of aromatic amines is 2. The van der Waals surface area contributed by atoms with Gasteiger partial charge in [0.2, 0.25) is 5.88 Å². The van der Waals surface area contributed by atoms with Crippen molar-refractivity contribution in [2.75, 3.05) is 26.8 Å². The van der Waals surface area contributed by atoms with Gasteiger partial charge in [0, 0.05) is 36.3 Å². The van der Waals surface area contributed by atoms with Crippen LogP contribution in [-0.2, 0) is 4.74 Å². The summed E-state index contributed by atoms with van der Waals surface area (Å²) >= 11 is 0. The smallest absolute Gasteiger partial charge is 0.410 e. The minimum absolute atomic E-state index is 0.0294. The van der Waals surface area contributed by atoms with Gasteiger partial charge in [0.15, 0.2) is 5.75 Å². The van der Waals surface area contributed by atoms with Crippen molar-refractivity contribution in [1.82, 2.24) is 24.8 Å². The molecular weight excluding hydrogens is 558 g/mol. The number of rotatable bonds is 7. The van der Waals surface area contributed by atoms with Crippen LogP contribution in [0.25, 0.3) is 33.3 Å². The van der Waals surface area contributed by atoms with Gasteiger partial charge in [0.25, 0.3) is 6.43 Å². The van der Waals surface area contributed by atoms with Crippen LogP contribution in [0.15, 0.2) is 18.3 Å². The molecule has 2 aliphatic rings. The van der Waals surface area contributed by atoms with Crippen LogP contribution >= 0.6 is 0 Å². The molecular formula is C31H34F2N6O4. The van der Waals surface area contributed by atoms with Crippen LogP contribution < -0.4 is 9.47 Å². The molecule has 1 aliphatic heterocycles. The van der Waals surface area contributed by atoms with Crippen molar-refractivity contribution in [1.29, 1.82) is 5.26 Å². The fraction of sp³-hybridized carbons (Fsp3) is 0.484. The van der Waals surface area contributed by atoms with Gasteiger partial charge < -0.3 is 29.1 Å². The van der Waals surface area contributed by atoms with Gasteiger partial charge in [0.05, 0.1) is 23.7 Å². The lowest BCUT2D eigenvalue weighted by Gasteiger charge is -2.34. The number of carbonyl (C=O) groups excluding carboxylic acids is 1. The lowest BCUT2D eigenvalue weighted by molar-refractivity contribution is 0.0203. The van der Waals surface area contributed by atoms with Crippen molar-refractivity contribution < 1.29 is 27.8 Å². The fourth-order valence-electron chi connectivity index (χ4n) is 5.83. The molecule has 0 radical (unpaired) electrons. The van der Waals surface area contributed by atoms with E-state index in [4.69, 9.17) is 19.2 Å². The van der Waals surface area contributed by atoms with E-state index in [0.29, 0.717) is 76.6 Å². The maximum absolute atomic E-state index is 13.4. The first-order valence-electron chi connectivity index (χ1n) is 14.5. The summed E-state index contributed by atoms with van der Waals surface area (Å²) < 4.78 is 43.6. The summed E-state index contributed by atoms with van der Waals surface area (Å²) in [6, 6.07) is 6.06. The highest BCUT2D eigenvalue weighted by Gasteiger charge is 2.32. The molecule has 10 nitrogen and oxygen atoms in total. The predicted molar refractivity (Wildman–Crippen MR) is 156 cm³/mol. The van der Waals surface area contributed by atoms with E-state index < -0.39 is 18.6 Å². The molecule has 2 N–H and O–H groups in total. The molecule has 43 heavy (non-hydrogen) atoms. The maximum Gasteiger partial charge on any atom is 0.410 e. The number of ether oxygens (including phenoxy) is 3. The Bertz CT molecular complexity index is 1720. The number of hydrogen-bond acceptors (Lipinski definition) is 7. The van der Waals surface area contributed by atoms with Gasteiger partial charge in [-0.2, -0.15) is 5.26 Å². The Balaban J connectivity index is 1.39. The number of imidazole rings is 1. The normalized spacial score (nSPS) is 16.2. The van der Waals surface area contributed by atoms with E-state index in [1.54, 1.807) is 11.1 Å². The Morgan fingerprint density at radius 1 is 1.16 bits per heavy atom. The molecule has 12 heteroatoms. The van der Waals surface area contributed by atoms with Gasteiger partial charge in [-0.15, -0.1) is 0 Å². The summed E-state index contributed by atoms with van der Waals surface area (Å²) in [7, 11) is 1.51. The van der Waals surface area contributed by atoms with Crippen LogP contribution in [-0.4, -0.2) is 69.8 Å². The Kier molecular flexibility index (Phi) is 7.36. The van der Waals surface area contributed by atoms with Gasteiger partial charge in [-0.3, -0.25) is 0 Å². The third kappa shape index (κ3) is 5.56. The summed E-state index contributed by atoms with van der Waals surface area (Å²) in [5, 5.41) is 10.6. The van der Waals surface area contributed by atoms with Crippen LogP contribution in [0.3, 0.4) is 0 Å². The molecule has 0 spiro atoms. The molecule has 6 rings (SSSR count). The highest BCUT2D eigenvalue weighted by molar-refractivity contribution is 6.00. The number of hydrogen-bond donors (Lipinski definition) is 2. The minimum atomic E-state index is -2.67. The number of halogens is 2. The van der Waals surface area contributed by atoms with Crippen molar-refractivity contribution >= 4 is 28.0 Å². The molecule has 1 aromatic carbocycles. The van der Waals surface area contributed by atoms with E-state index in [1.165, 1.54) is 7.11 Å². The number of piperidine rings is 1. The Hall–Kier alpha value is -4.40. The number of nitrogens with one attached hydrogen (secondary N) is 2. The Morgan fingerprint density at radius 3 is 2.53 bits per heavy atom. The number of carbonyl (C=O) groups is 1. The van der Waals surface area contributed by atoms with Crippen molar-refractivity contribution in [2.24, 2.45) is 0 Å². The van der Waals surface area contributed by atoms with Crippen molar-refractivity contribution in [3.63, 3.8) is 0 Å². The fourth-order valence-corrected chi connectivity index (χ4v) is 5.83. The zero-order valence-electron chi connectivity index (χ0n) is 24.6. The number of methoxy groups -OCH3 is 1. The first-order chi connectivity index (χ1) is 20.6. The van der Waals surface area contributed by atoms with Crippen LogP contribution in [0.2, 0.25) is 0 Å². The lowest BCUT2D eigenvalue weighted by atomic mass is 9.88. The molecule has 4 aromatic rings. The summed E-state index contributed by atoms with van der Waals surface area (Å²) in [5.41, 5.74) is 3.85. The van der Waals surface area contributed by atoms with E-state index in [1.807, 2.05) is 32.9 Å². The summed E-state index contributed by atoms with van der Waals surface area (Å²) in [5.74, 6) is 1.28. The third-order valence-electron chi connectivity index (χ3n) is 7.95. The molecule has 0 bridgehead atoms. The zero-order chi connectivity index (χ0) is 30.5. The molecule has 1 saturated heterocycles. The number of aromatic nitrogens is 4. The van der Waals surface area contributed by atoms with Gasteiger partial charge in [-0.05, 0) is 64.0 Å². The standard InChI is InChI=1S/C31H34F2N6O4/c1-31(2,3)43-30(40)39-11-9-16(10-12-39)18-7-8-21-26(27(18)42-15-22(32)33)38-28(36-21)23-25-20(14-35-29(23)41-4)19(13-34)24(37-25)17-5-6-17/h7-8,14,16-17,22,37H,5-6,9-12,15H2,1-4H3,(H,36,38). The average Bonchev–Trinajstić information content (AvgIpc) is 3.61. The topological polar surface area (TPSA) is 129 Å². The van der Waals surface area contributed by atoms with Crippen LogP contribution in [0.5, 0.6) is 11.6 Å². The molecule has 4 heterocycles. The Labute approximate surface area is 247 Å². The quantitative estimate of drug-likeness (QED) is 0.247. The van der Waals surface area contributed by atoms with Crippen molar-refractivity contribution in [3.8, 4) is 29.1 Å². The van der Waals surface area contributed by atoms with Gasteiger partial charge in [-0.1, -0.05) is 6.07 Å². The summed E-state index contributed by atoms with van der Waals surface area (Å²) in [4.78, 5) is 30.3. The number of fused-ring (bicyclic) bond motifs is 2. The first-order valence-corrected chi connectivity index (χ1v) is 14.5. The van der Waals surface area contributed by atoms with E-state index >= 15 is 0 Å². The monoisotopic (exact) mass is 592 g/mol. The molecule has 0 unspecified atom stereocenters. The number of likely N-dealkylation sites (tertiary alicyclic amines) is 1. The number of H-pyrrole nitrogens is 2. The van der Waals surface area contributed by atoms with E-state index in [-0.39, 0.29) is 17.8 Å². The number of nitriles is 1. The molecule has 226 valence electrons. The second-order valence-electron chi connectivity index (χ2n) is 12.1. The van der Waals surface area contributed by atoms with E-state index in [0.717, 1.165) is 24.1 Å². The second kappa shape index (κ2) is 11.0. The highest BCUT2D eigenvalue weighted by atomic mass is 19.3. The number of benzene rings is 1. The first kappa shape index (κ1) is 28.7. The predicted octanol–water partition coefficient (Wildman–Crippen LogP) is 6.62. The van der Waals surface area contributed by atoms with Crippen LogP contribution in [0, 0.1) is 11.3 Å². The molecule has 1 aliphatic carbocycles. The summed E-state index contributed by atoms with van der Waals surface area (Å²) in [6.07, 6.45) is 1.85. The molecule has 0 atom stereocenters. The van der Waals surface area contributed by atoms with Gasteiger partial charge >= 0.3 is 6.09 Å². The SMILES string of the molecule is COc1ncc2c(C#N)c(C3CC3)[nH]c2c1-c1nc2c(OCC(F)F)c(C3CCN(C(=O)OC(C)(C)C)CC3)ccc2[nH]1. The van der Waals surface area contributed by atoms with E-state index in [2.05, 4.69) is 21.0 Å². The molecule has 2 fully saturated rings. The van der Waals surface area contributed by atoms with Gasteiger partial charge in [-0.25, -0.2) is 23.5 Å². The average molecular weight is 593 g/mol. The minimum Gasteiger partial charge on any atom is -0.485 e. The number of amides is 1. The molecule has 1 saturated carbocycles. The largest absolute Gasteiger partial charge is 0.485 e. The van der Waals surface area contributed by atoms with Gasteiger partial charge in [0.1, 0.15) is 35.2 Å². The lowest BCUT2D eigenvalue weighted by Crippen LogP contribution is -2.41. The zero-order valence-corrected chi connectivity index (χ0v) is 24.6. The maximum atomic E-state index is 13.4. The number of alkyl halides is 2.